The Labute approximate surface area is 106 Å². The number of methoxy groups -OCH3 is 1. The zero-order valence-electron chi connectivity index (χ0n) is 10.5. The molecule has 18 heavy (non-hydrogen) atoms. The maximum atomic E-state index is 5.61. The Morgan fingerprint density at radius 3 is 2.89 bits per heavy atom. The van der Waals surface area contributed by atoms with E-state index >= 15 is 0 Å². The van der Waals surface area contributed by atoms with Gasteiger partial charge in [-0.2, -0.15) is 0 Å². The molecule has 1 aromatic heterocycles. The van der Waals surface area contributed by atoms with Crippen molar-refractivity contribution in [3.05, 3.63) is 41.7 Å². The Balaban J connectivity index is 2.28. The SMILES string of the molecule is COc1ncnc(Nc2cccc(CN)c2)c1C. The molecule has 2 aromatic rings. The van der Waals surface area contributed by atoms with Crippen LogP contribution >= 0.6 is 0 Å². The van der Waals surface area contributed by atoms with Gasteiger partial charge in [-0.1, -0.05) is 12.1 Å². The quantitative estimate of drug-likeness (QED) is 0.860. The number of hydrogen-bond acceptors (Lipinski definition) is 5. The fourth-order valence-electron chi connectivity index (χ4n) is 1.68. The molecule has 0 atom stereocenters. The first-order chi connectivity index (χ1) is 8.74. The summed E-state index contributed by atoms with van der Waals surface area (Å²) in [5, 5.41) is 3.23. The number of anilines is 2. The Bertz CT molecular complexity index is 542. The van der Waals surface area contributed by atoms with Gasteiger partial charge in [0.1, 0.15) is 12.1 Å². The molecule has 0 aliphatic carbocycles. The fraction of sp³-hybridized carbons (Fsp3) is 0.231. The van der Waals surface area contributed by atoms with Crippen molar-refractivity contribution in [1.82, 2.24) is 9.97 Å². The van der Waals surface area contributed by atoms with E-state index in [1.165, 1.54) is 6.33 Å². The number of aromatic nitrogens is 2. The van der Waals surface area contributed by atoms with Gasteiger partial charge in [-0.25, -0.2) is 9.97 Å². The largest absolute Gasteiger partial charge is 0.481 e. The topological polar surface area (TPSA) is 73.1 Å². The highest BCUT2D eigenvalue weighted by Gasteiger charge is 2.07. The van der Waals surface area contributed by atoms with E-state index in [0.717, 1.165) is 22.6 Å². The second-order valence-electron chi connectivity index (χ2n) is 3.89. The first-order valence-electron chi connectivity index (χ1n) is 5.66. The summed E-state index contributed by atoms with van der Waals surface area (Å²) in [5.41, 5.74) is 8.50. The van der Waals surface area contributed by atoms with Crippen LogP contribution in [0.2, 0.25) is 0 Å². The van der Waals surface area contributed by atoms with Gasteiger partial charge >= 0.3 is 0 Å². The summed E-state index contributed by atoms with van der Waals surface area (Å²) in [6.45, 7) is 2.43. The Morgan fingerprint density at radius 1 is 1.33 bits per heavy atom. The third kappa shape index (κ3) is 2.57. The summed E-state index contributed by atoms with van der Waals surface area (Å²) < 4.78 is 5.16. The molecular formula is C13H16N4O. The van der Waals surface area contributed by atoms with Gasteiger partial charge in [0, 0.05) is 12.2 Å². The fourth-order valence-corrected chi connectivity index (χ4v) is 1.68. The van der Waals surface area contributed by atoms with Gasteiger partial charge in [0.05, 0.1) is 12.7 Å². The third-order valence-corrected chi connectivity index (χ3v) is 2.66. The van der Waals surface area contributed by atoms with Crippen molar-refractivity contribution >= 4 is 11.5 Å². The van der Waals surface area contributed by atoms with Gasteiger partial charge in [0.15, 0.2) is 0 Å². The Hall–Kier alpha value is -2.14. The maximum Gasteiger partial charge on any atom is 0.221 e. The number of nitrogens with two attached hydrogens (primary N) is 1. The standard InChI is InChI=1S/C13H16N4O/c1-9-12(15-8-16-13(9)18-2)17-11-5-3-4-10(6-11)7-14/h3-6,8H,7,14H2,1-2H3,(H,15,16,17). The van der Waals surface area contributed by atoms with Crippen LogP contribution in [0.15, 0.2) is 30.6 Å². The number of ether oxygens (including phenoxy) is 1. The summed E-state index contributed by atoms with van der Waals surface area (Å²) >= 11 is 0. The number of benzene rings is 1. The van der Waals surface area contributed by atoms with Crippen LogP contribution < -0.4 is 15.8 Å². The first-order valence-corrected chi connectivity index (χ1v) is 5.66. The summed E-state index contributed by atoms with van der Waals surface area (Å²) in [6, 6.07) is 7.90. The van der Waals surface area contributed by atoms with E-state index in [9.17, 15) is 0 Å². The van der Waals surface area contributed by atoms with E-state index in [1.54, 1.807) is 7.11 Å². The normalized spacial score (nSPS) is 10.2. The highest BCUT2D eigenvalue weighted by molar-refractivity contribution is 5.61. The minimum atomic E-state index is 0.515. The van der Waals surface area contributed by atoms with Crippen molar-refractivity contribution in [2.75, 3.05) is 12.4 Å². The van der Waals surface area contributed by atoms with Crippen molar-refractivity contribution in [1.29, 1.82) is 0 Å². The molecule has 0 unspecified atom stereocenters. The van der Waals surface area contributed by atoms with E-state index < -0.39 is 0 Å². The van der Waals surface area contributed by atoms with E-state index in [4.69, 9.17) is 10.5 Å². The van der Waals surface area contributed by atoms with Crippen LogP contribution in [0.1, 0.15) is 11.1 Å². The third-order valence-electron chi connectivity index (χ3n) is 2.66. The molecule has 5 nitrogen and oxygen atoms in total. The zero-order chi connectivity index (χ0) is 13.0. The lowest BCUT2D eigenvalue weighted by Gasteiger charge is -2.11. The molecule has 0 bridgehead atoms. The predicted molar refractivity (Wildman–Crippen MR) is 70.9 cm³/mol. The average molecular weight is 244 g/mol. The van der Waals surface area contributed by atoms with Crippen LogP contribution in [0.25, 0.3) is 0 Å². The molecule has 0 amide bonds. The number of nitrogens with zero attached hydrogens (tertiary/aromatic N) is 2. The molecular weight excluding hydrogens is 228 g/mol. The molecule has 0 radical (unpaired) electrons. The van der Waals surface area contributed by atoms with Crippen molar-refractivity contribution in [2.45, 2.75) is 13.5 Å². The predicted octanol–water partition coefficient (Wildman–Crippen LogP) is 2.00. The summed E-state index contributed by atoms with van der Waals surface area (Å²) in [6.07, 6.45) is 1.47. The highest BCUT2D eigenvalue weighted by Crippen LogP contribution is 2.23. The molecule has 5 heteroatoms. The summed E-state index contributed by atoms with van der Waals surface area (Å²) in [7, 11) is 1.59. The van der Waals surface area contributed by atoms with E-state index in [2.05, 4.69) is 15.3 Å². The van der Waals surface area contributed by atoms with Gasteiger partial charge < -0.3 is 15.8 Å². The second kappa shape index (κ2) is 5.46. The number of rotatable bonds is 4. The maximum absolute atomic E-state index is 5.61. The second-order valence-corrected chi connectivity index (χ2v) is 3.89. The van der Waals surface area contributed by atoms with Gasteiger partial charge in [0.2, 0.25) is 5.88 Å². The average Bonchev–Trinajstić information content (AvgIpc) is 2.41. The van der Waals surface area contributed by atoms with Gasteiger partial charge in [-0.3, -0.25) is 0 Å². The molecule has 0 aliphatic rings. The van der Waals surface area contributed by atoms with Gasteiger partial charge in [-0.05, 0) is 24.6 Å². The lowest BCUT2D eigenvalue weighted by Crippen LogP contribution is -2.02. The van der Waals surface area contributed by atoms with Crippen LogP contribution in [0.4, 0.5) is 11.5 Å². The van der Waals surface area contributed by atoms with Gasteiger partial charge in [-0.15, -0.1) is 0 Å². The zero-order valence-corrected chi connectivity index (χ0v) is 10.5. The lowest BCUT2D eigenvalue weighted by molar-refractivity contribution is 0.394. The van der Waals surface area contributed by atoms with Crippen LogP contribution in [-0.2, 0) is 6.54 Å². The molecule has 0 saturated carbocycles. The Morgan fingerprint density at radius 2 is 2.17 bits per heavy atom. The van der Waals surface area contributed by atoms with E-state index in [1.807, 2.05) is 31.2 Å². The molecule has 2 rings (SSSR count). The van der Waals surface area contributed by atoms with Crippen LogP contribution in [0.3, 0.4) is 0 Å². The Kier molecular flexibility index (Phi) is 3.74. The molecule has 3 N–H and O–H groups in total. The molecule has 94 valence electrons. The van der Waals surface area contributed by atoms with E-state index in [0.29, 0.717) is 12.4 Å². The molecule has 1 aromatic carbocycles. The van der Waals surface area contributed by atoms with Crippen LogP contribution in [0, 0.1) is 6.92 Å². The van der Waals surface area contributed by atoms with Gasteiger partial charge in [0.25, 0.3) is 0 Å². The summed E-state index contributed by atoms with van der Waals surface area (Å²) in [5.74, 6) is 1.30. The van der Waals surface area contributed by atoms with Crippen molar-refractivity contribution in [3.8, 4) is 5.88 Å². The van der Waals surface area contributed by atoms with Crippen molar-refractivity contribution in [2.24, 2.45) is 5.73 Å². The lowest BCUT2D eigenvalue weighted by atomic mass is 10.2. The smallest absolute Gasteiger partial charge is 0.221 e. The summed E-state index contributed by atoms with van der Waals surface area (Å²) in [4.78, 5) is 8.24. The minimum absolute atomic E-state index is 0.515. The first kappa shape index (κ1) is 12.3. The van der Waals surface area contributed by atoms with Crippen LogP contribution in [0.5, 0.6) is 5.88 Å². The van der Waals surface area contributed by atoms with Crippen molar-refractivity contribution in [3.63, 3.8) is 0 Å². The van der Waals surface area contributed by atoms with E-state index in [-0.39, 0.29) is 0 Å². The molecule has 1 heterocycles. The van der Waals surface area contributed by atoms with Crippen molar-refractivity contribution < 1.29 is 4.74 Å². The monoisotopic (exact) mass is 244 g/mol. The molecule has 0 aliphatic heterocycles. The molecule has 0 saturated heterocycles. The number of hydrogen-bond donors (Lipinski definition) is 2. The van der Waals surface area contributed by atoms with Crippen LogP contribution in [-0.4, -0.2) is 17.1 Å². The highest BCUT2D eigenvalue weighted by atomic mass is 16.5. The number of nitrogens with one attached hydrogen (secondary N) is 1. The molecule has 0 spiro atoms. The molecule has 0 fully saturated rings. The minimum Gasteiger partial charge on any atom is -0.481 e.